The Morgan fingerprint density at radius 2 is 1.86 bits per heavy atom. The third-order valence-electron chi connectivity index (χ3n) is 7.55. The summed E-state index contributed by atoms with van der Waals surface area (Å²) in [5, 5.41) is 6.14. The highest BCUT2D eigenvalue weighted by molar-refractivity contribution is 6.33. The van der Waals surface area contributed by atoms with Crippen LogP contribution in [-0.2, 0) is 9.53 Å². The minimum atomic E-state index is -0.865. The SMILES string of the molecule is CC(C)(C)OC(=O)N1CCC[C@@H](Nc2ncc3nc(Nc4c(F)cc(F)cc4Cl)n([C@H]4CC[C@@H](C(N)=O)CC4)c3n2)C1. The highest BCUT2D eigenvalue weighted by atomic mass is 35.5. The normalized spacial score (nSPS) is 21.3. The number of carbonyl (C=O) groups is 2. The number of primary amides is 1. The number of halogens is 3. The molecule has 2 aliphatic rings. The van der Waals surface area contributed by atoms with Crippen LogP contribution in [0, 0.1) is 17.6 Å². The number of imidazole rings is 1. The molecule has 0 radical (unpaired) electrons. The van der Waals surface area contributed by atoms with Crippen LogP contribution in [0.25, 0.3) is 11.2 Å². The highest BCUT2D eigenvalue weighted by Crippen LogP contribution is 2.38. The molecule has 3 aromatic rings. The lowest BCUT2D eigenvalue weighted by Gasteiger charge is -2.34. The van der Waals surface area contributed by atoms with E-state index in [0.29, 0.717) is 55.9 Å². The molecule has 2 amide bonds. The van der Waals surface area contributed by atoms with Crippen molar-refractivity contribution < 1.29 is 23.1 Å². The number of nitrogens with one attached hydrogen (secondary N) is 2. The molecule has 1 atom stereocenters. The van der Waals surface area contributed by atoms with E-state index < -0.39 is 17.2 Å². The Morgan fingerprint density at radius 3 is 2.52 bits per heavy atom. The molecular weight excluding hydrogens is 570 g/mol. The van der Waals surface area contributed by atoms with Crippen LogP contribution >= 0.6 is 11.6 Å². The number of hydrogen-bond donors (Lipinski definition) is 3. The van der Waals surface area contributed by atoms with E-state index in [-0.39, 0.29) is 46.7 Å². The Morgan fingerprint density at radius 1 is 1.12 bits per heavy atom. The first-order valence-corrected chi connectivity index (χ1v) is 14.5. The fraction of sp³-hybridized carbons (Fsp3) is 0.536. The fourth-order valence-electron chi connectivity index (χ4n) is 5.56. The molecule has 1 aromatic carbocycles. The number of amides is 2. The number of hydrogen-bond acceptors (Lipinski definition) is 8. The molecule has 1 saturated carbocycles. The van der Waals surface area contributed by atoms with E-state index in [1.54, 1.807) is 11.1 Å². The van der Waals surface area contributed by atoms with E-state index in [1.165, 1.54) is 0 Å². The highest BCUT2D eigenvalue weighted by Gasteiger charge is 2.31. The zero-order valence-corrected chi connectivity index (χ0v) is 24.5. The number of aromatic nitrogens is 4. The smallest absolute Gasteiger partial charge is 0.410 e. The van der Waals surface area contributed by atoms with Gasteiger partial charge in [-0.25, -0.2) is 23.5 Å². The summed E-state index contributed by atoms with van der Waals surface area (Å²) in [4.78, 5) is 39.9. The first-order valence-electron chi connectivity index (χ1n) is 14.1. The molecule has 2 fully saturated rings. The van der Waals surface area contributed by atoms with Gasteiger partial charge < -0.3 is 26.0 Å². The van der Waals surface area contributed by atoms with Crippen molar-refractivity contribution in [3.63, 3.8) is 0 Å². The van der Waals surface area contributed by atoms with Gasteiger partial charge in [0.1, 0.15) is 16.9 Å². The van der Waals surface area contributed by atoms with Crippen molar-refractivity contribution in [1.29, 1.82) is 0 Å². The molecule has 14 heteroatoms. The average molecular weight is 605 g/mol. The number of likely N-dealkylation sites (tertiary alicyclic amines) is 1. The Kier molecular flexibility index (Phi) is 8.40. The molecule has 1 aliphatic heterocycles. The van der Waals surface area contributed by atoms with Crippen LogP contribution in [0.15, 0.2) is 18.3 Å². The molecular formula is C28H35ClF2N8O3. The summed E-state index contributed by atoms with van der Waals surface area (Å²) in [6, 6.07) is 1.53. The van der Waals surface area contributed by atoms with Crippen molar-refractivity contribution in [1.82, 2.24) is 24.4 Å². The van der Waals surface area contributed by atoms with Crippen LogP contribution in [-0.4, -0.2) is 61.2 Å². The molecule has 226 valence electrons. The molecule has 2 aromatic heterocycles. The molecule has 42 heavy (non-hydrogen) atoms. The molecule has 5 rings (SSSR count). The van der Waals surface area contributed by atoms with Gasteiger partial charge in [-0.3, -0.25) is 9.36 Å². The molecule has 0 spiro atoms. The summed E-state index contributed by atoms with van der Waals surface area (Å²) < 4.78 is 35.8. The largest absolute Gasteiger partial charge is 0.444 e. The second kappa shape index (κ2) is 11.9. The van der Waals surface area contributed by atoms with Crippen molar-refractivity contribution in [3.05, 3.63) is 35.0 Å². The fourth-order valence-corrected chi connectivity index (χ4v) is 5.80. The van der Waals surface area contributed by atoms with E-state index in [4.69, 9.17) is 27.1 Å². The maximum atomic E-state index is 14.7. The van der Waals surface area contributed by atoms with Gasteiger partial charge in [-0.2, -0.15) is 4.98 Å². The quantitative estimate of drug-likeness (QED) is 0.334. The number of fused-ring (bicyclic) bond motifs is 1. The number of rotatable bonds is 6. The first-order chi connectivity index (χ1) is 19.9. The molecule has 1 saturated heterocycles. The van der Waals surface area contributed by atoms with Crippen LogP contribution in [0.4, 0.5) is 31.2 Å². The Hall–Kier alpha value is -3.74. The lowest BCUT2D eigenvalue weighted by molar-refractivity contribution is -0.122. The number of carbonyl (C=O) groups excluding carboxylic acids is 2. The van der Waals surface area contributed by atoms with Crippen molar-refractivity contribution in [2.24, 2.45) is 11.7 Å². The van der Waals surface area contributed by atoms with Crippen LogP contribution in [0.1, 0.15) is 65.3 Å². The Bertz CT molecular complexity index is 1460. The third-order valence-corrected chi connectivity index (χ3v) is 7.85. The summed E-state index contributed by atoms with van der Waals surface area (Å²) in [5.74, 6) is -1.60. The van der Waals surface area contributed by atoms with Gasteiger partial charge in [-0.1, -0.05) is 11.6 Å². The average Bonchev–Trinajstić information content (AvgIpc) is 3.27. The van der Waals surface area contributed by atoms with Crippen molar-refractivity contribution >= 4 is 52.3 Å². The minimum Gasteiger partial charge on any atom is -0.444 e. The van der Waals surface area contributed by atoms with Gasteiger partial charge in [0.25, 0.3) is 0 Å². The minimum absolute atomic E-state index is 0.101. The van der Waals surface area contributed by atoms with E-state index in [2.05, 4.69) is 20.6 Å². The number of ether oxygens (including phenoxy) is 1. The summed E-state index contributed by atoms with van der Waals surface area (Å²) in [5.41, 5.74) is 5.80. The standard InChI is InChI=1S/C28H35ClF2N8O3/c1-28(2,3)42-27(41)38-10-4-5-17(14-38)34-25-33-13-21-24(37-25)39(18-8-6-15(7-9-18)23(32)40)26(35-21)36-22-19(29)11-16(30)12-20(22)31/h11-13,15,17-18H,4-10,14H2,1-3H3,(H2,32,40)(H,35,36)(H,33,34,37)/t15-,17-,18+/m1/s1. The van der Waals surface area contributed by atoms with Crippen LogP contribution in [0.5, 0.6) is 0 Å². The zero-order valence-electron chi connectivity index (χ0n) is 23.8. The maximum absolute atomic E-state index is 14.7. The topological polar surface area (TPSA) is 140 Å². The number of nitrogens with two attached hydrogens (primary N) is 1. The third kappa shape index (κ3) is 6.66. The van der Waals surface area contributed by atoms with Crippen LogP contribution < -0.4 is 16.4 Å². The zero-order chi connectivity index (χ0) is 30.2. The van der Waals surface area contributed by atoms with E-state index in [1.807, 2.05) is 25.3 Å². The van der Waals surface area contributed by atoms with Gasteiger partial charge in [0.2, 0.25) is 17.8 Å². The predicted molar refractivity (Wildman–Crippen MR) is 155 cm³/mol. The molecule has 3 heterocycles. The predicted octanol–water partition coefficient (Wildman–Crippen LogP) is 5.53. The molecule has 0 unspecified atom stereocenters. The summed E-state index contributed by atoms with van der Waals surface area (Å²) >= 11 is 6.17. The molecule has 1 aliphatic carbocycles. The van der Waals surface area contributed by atoms with Crippen molar-refractivity contribution in [2.45, 2.75) is 77.0 Å². The van der Waals surface area contributed by atoms with Gasteiger partial charge in [0.05, 0.1) is 16.9 Å². The number of anilines is 3. The van der Waals surface area contributed by atoms with Crippen LogP contribution in [0.3, 0.4) is 0 Å². The monoisotopic (exact) mass is 604 g/mol. The van der Waals surface area contributed by atoms with Gasteiger partial charge in [-0.15, -0.1) is 0 Å². The van der Waals surface area contributed by atoms with E-state index in [9.17, 15) is 18.4 Å². The lowest BCUT2D eigenvalue weighted by Crippen LogP contribution is -2.47. The Labute approximate surface area is 247 Å². The van der Waals surface area contributed by atoms with Gasteiger partial charge in [0, 0.05) is 37.2 Å². The number of nitrogens with zero attached hydrogens (tertiary/aromatic N) is 5. The maximum Gasteiger partial charge on any atom is 0.410 e. The number of piperidine rings is 1. The summed E-state index contributed by atoms with van der Waals surface area (Å²) in [7, 11) is 0. The second-order valence-electron chi connectivity index (χ2n) is 11.9. The van der Waals surface area contributed by atoms with E-state index in [0.717, 1.165) is 25.0 Å². The summed E-state index contributed by atoms with van der Waals surface area (Å²) in [6.07, 6.45) is 5.22. The second-order valence-corrected chi connectivity index (χ2v) is 12.3. The van der Waals surface area contributed by atoms with Gasteiger partial charge in [-0.05, 0) is 65.4 Å². The molecule has 0 bridgehead atoms. The van der Waals surface area contributed by atoms with E-state index >= 15 is 0 Å². The van der Waals surface area contributed by atoms with Crippen molar-refractivity contribution in [3.8, 4) is 0 Å². The summed E-state index contributed by atoms with van der Waals surface area (Å²) in [6.45, 7) is 6.53. The number of benzene rings is 1. The van der Waals surface area contributed by atoms with Crippen LogP contribution in [0.2, 0.25) is 5.02 Å². The van der Waals surface area contributed by atoms with Gasteiger partial charge in [0.15, 0.2) is 11.5 Å². The van der Waals surface area contributed by atoms with Crippen molar-refractivity contribution in [2.75, 3.05) is 23.7 Å². The molecule has 4 N–H and O–H groups in total. The van der Waals surface area contributed by atoms with Gasteiger partial charge >= 0.3 is 6.09 Å². The lowest BCUT2D eigenvalue weighted by atomic mass is 9.85. The molecule has 11 nitrogen and oxygen atoms in total. The first kappa shape index (κ1) is 29.7. The Balaban J connectivity index is 1.44.